The highest BCUT2D eigenvalue weighted by atomic mass is 16.5. The standard InChI is InChI=1S/C20H32N4O/c1-2-6-17(7-3-1)19-14-20(22-16-21-19)24-10-5-9-23(11-12-24)15-18-8-4-13-25-18/h14,16-18H,1-13,15H2. The lowest BCUT2D eigenvalue weighted by atomic mass is 9.87. The van der Waals surface area contributed by atoms with Crippen molar-refractivity contribution in [3.63, 3.8) is 0 Å². The van der Waals surface area contributed by atoms with E-state index < -0.39 is 0 Å². The lowest BCUT2D eigenvalue weighted by molar-refractivity contribution is 0.0754. The Hall–Kier alpha value is -1.20. The second-order valence-electron chi connectivity index (χ2n) is 7.91. The molecular formula is C20H32N4O. The normalized spacial score (nSPS) is 26.7. The fourth-order valence-electron chi connectivity index (χ4n) is 4.61. The van der Waals surface area contributed by atoms with Crippen molar-refractivity contribution in [2.75, 3.05) is 44.2 Å². The molecule has 2 saturated heterocycles. The van der Waals surface area contributed by atoms with Crippen LogP contribution < -0.4 is 4.90 Å². The van der Waals surface area contributed by atoms with Crippen LogP contribution in [0, 0.1) is 0 Å². The fourth-order valence-corrected chi connectivity index (χ4v) is 4.61. The minimum absolute atomic E-state index is 0.462. The zero-order valence-electron chi connectivity index (χ0n) is 15.4. The van der Waals surface area contributed by atoms with E-state index in [4.69, 9.17) is 4.74 Å². The van der Waals surface area contributed by atoms with Gasteiger partial charge in [0.15, 0.2) is 0 Å². The number of anilines is 1. The van der Waals surface area contributed by atoms with Gasteiger partial charge in [0.2, 0.25) is 0 Å². The maximum atomic E-state index is 5.81. The highest BCUT2D eigenvalue weighted by Gasteiger charge is 2.23. The lowest BCUT2D eigenvalue weighted by Gasteiger charge is -2.25. The molecule has 138 valence electrons. The van der Waals surface area contributed by atoms with Crippen molar-refractivity contribution < 1.29 is 4.74 Å². The van der Waals surface area contributed by atoms with Crippen LogP contribution in [-0.2, 0) is 4.74 Å². The summed E-state index contributed by atoms with van der Waals surface area (Å²) >= 11 is 0. The van der Waals surface area contributed by atoms with Crippen LogP contribution in [0.3, 0.4) is 0 Å². The van der Waals surface area contributed by atoms with Crippen molar-refractivity contribution in [3.8, 4) is 0 Å². The number of rotatable bonds is 4. The molecular weight excluding hydrogens is 312 g/mol. The molecule has 0 N–H and O–H groups in total. The molecule has 3 heterocycles. The zero-order chi connectivity index (χ0) is 16.9. The van der Waals surface area contributed by atoms with Crippen molar-refractivity contribution >= 4 is 5.82 Å². The predicted octanol–water partition coefficient (Wildman–Crippen LogP) is 3.22. The maximum absolute atomic E-state index is 5.81. The summed E-state index contributed by atoms with van der Waals surface area (Å²) in [5.41, 5.74) is 1.27. The van der Waals surface area contributed by atoms with Crippen LogP contribution in [0.25, 0.3) is 0 Å². The number of hydrogen-bond acceptors (Lipinski definition) is 5. The van der Waals surface area contributed by atoms with Crippen molar-refractivity contribution in [2.45, 2.75) is 63.4 Å². The lowest BCUT2D eigenvalue weighted by Crippen LogP contribution is -2.36. The molecule has 3 fully saturated rings. The summed E-state index contributed by atoms with van der Waals surface area (Å²) in [4.78, 5) is 14.2. The molecule has 1 aliphatic carbocycles. The van der Waals surface area contributed by atoms with Gasteiger partial charge in [0.05, 0.1) is 6.10 Å². The monoisotopic (exact) mass is 344 g/mol. The predicted molar refractivity (Wildman–Crippen MR) is 100 cm³/mol. The third-order valence-electron chi connectivity index (χ3n) is 6.10. The zero-order valence-corrected chi connectivity index (χ0v) is 15.4. The van der Waals surface area contributed by atoms with E-state index in [2.05, 4.69) is 25.8 Å². The van der Waals surface area contributed by atoms with Crippen LogP contribution in [-0.4, -0.2) is 60.3 Å². The Morgan fingerprint density at radius 1 is 0.920 bits per heavy atom. The van der Waals surface area contributed by atoms with Gasteiger partial charge >= 0.3 is 0 Å². The Morgan fingerprint density at radius 3 is 2.68 bits per heavy atom. The van der Waals surface area contributed by atoms with Gasteiger partial charge in [-0.1, -0.05) is 19.3 Å². The van der Waals surface area contributed by atoms with E-state index in [9.17, 15) is 0 Å². The van der Waals surface area contributed by atoms with Gasteiger partial charge in [0.25, 0.3) is 0 Å². The fraction of sp³-hybridized carbons (Fsp3) is 0.800. The van der Waals surface area contributed by atoms with Crippen molar-refractivity contribution in [2.24, 2.45) is 0 Å². The van der Waals surface area contributed by atoms with E-state index in [1.807, 2.05) is 0 Å². The van der Waals surface area contributed by atoms with Crippen LogP contribution in [0.2, 0.25) is 0 Å². The van der Waals surface area contributed by atoms with Crippen LogP contribution in [0.1, 0.15) is 63.0 Å². The van der Waals surface area contributed by atoms with Gasteiger partial charge in [0.1, 0.15) is 12.1 Å². The van der Waals surface area contributed by atoms with Crippen LogP contribution in [0.4, 0.5) is 5.82 Å². The number of ether oxygens (including phenoxy) is 1. The molecule has 0 bridgehead atoms. The van der Waals surface area contributed by atoms with Gasteiger partial charge in [-0.15, -0.1) is 0 Å². The number of hydrogen-bond donors (Lipinski definition) is 0. The Kier molecular flexibility index (Phi) is 5.83. The Balaban J connectivity index is 1.36. The average Bonchev–Trinajstić information content (AvgIpc) is 3.07. The molecule has 1 aromatic heterocycles. The first kappa shape index (κ1) is 17.2. The van der Waals surface area contributed by atoms with Gasteiger partial charge in [-0.2, -0.15) is 0 Å². The number of aromatic nitrogens is 2. The third-order valence-corrected chi connectivity index (χ3v) is 6.10. The van der Waals surface area contributed by atoms with Crippen molar-refractivity contribution in [1.29, 1.82) is 0 Å². The van der Waals surface area contributed by atoms with E-state index in [0.29, 0.717) is 12.0 Å². The average molecular weight is 345 g/mol. The minimum Gasteiger partial charge on any atom is -0.377 e. The first-order valence-corrected chi connectivity index (χ1v) is 10.3. The molecule has 0 spiro atoms. The molecule has 25 heavy (non-hydrogen) atoms. The number of nitrogens with zero attached hydrogens (tertiary/aromatic N) is 4. The highest BCUT2D eigenvalue weighted by molar-refractivity contribution is 5.40. The topological polar surface area (TPSA) is 41.5 Å². The van der Waals surface area contributed by atoms with Crippen molar-refractivity contribution in [3.05, 3.63) is 18.1 Å². The van der Waals surface area contributed by atoms with E-state index in [1.165, 1.54) is 63.6 Å². The molecule has 0 aromatic carbocycles. The Morgan fingerprint density at radius 2 is 1.84 bits per heavy atom. The summed E-state index contributed by atoms with van der Waals surface area (Å²) < 4.78 is 5.81. The minimum atomic E-state index is 0.462. The molecule has 0 amide bonds. The highest BCUT2D eigenvalue weighted by Crippen LogP contribution is 2.32. The molecule has 3 aliphatic rings. The second-order valence-corrected chi connectivity index (χ2v) is 7.91. The molecule has 1 aromatic rings. The van der Waals surface area contributed by atoms with E-state index >= 15 is 0 Å². The van der Waals surface area contributed by atoms with Gasteiger partial charge in [-0.25, -0.2) is 9.97 Å². The smallest absolute Gasteiger partial charge is 0.132 e. The quantitative estimate of drug-likeness (QED) is 0.839. The Labute approximate surface area is 151 Å². The van der Waals surface area contributed by atoms with Crippen LogP contribution >= 0.6 is 0 Å². The summed E-state index contributed by atoms with van der Waals surface area (Å²) in [5, 5.41) is 0. The Bertz CT molecular complexity index is 540. The summed E-state index contributed by atoms with van der Waals surface area (Å²) in [6, 6.07) is 2.27. The summed E-state index contributed by atoms with van der Waals surface area (Å²) in [6.07, 6.45) is 12.6. The van der Waals surface area contributed by atoms with Gasteiger partial charge < -0.3 is 9.64 Å². The SMILES string of the molecule is c1nc(C2CCCCC2)cc(N2CCCN(CC3CCCO3)CC2)n1. The third kappa shape index (κ3) is 4.50. The molecule has 1 atom stereocenters. The van der Waals surface area contributed by atoms with Crippen LogP contribution in [0.15, 0.2) is 12.4 Å². The molecule has 1 unspecified atom stereocenters. The van der Waals surface area contributed by atoms with Crippen LogP contribution in [0.5, 0.6) is 0 Å². The molecule has 4 rings (SSSR count). The van der Waals surface area contributed by atoms with E-state index in [-0.39, 0.29) is 0 Å². The van der Waals surface area contributed by atoms with Gasteiger partial charge in [-0.3, -0.25) is 4.90 Å². The van der Waals surface area contributed by atoms with E-state index in [0.717, 1.165) is 38.6 Å². The summed E-state index contributed by atoms with van der Waals surface area (Å²) in [7, 11) is 0. The molecule has 1 saturated carbocycles. The summed E-state index contributed by atoms with van der Waals surface area (Å²) in [6.45, 7) is 6.51. The molecule has 0 radical (unpaired) electrons. The largest absolute Gasteiger partial charge is 0.377 e. The first-order chi connectivity index (χ1) is 12.4. The van der Waals surface area contributed by atoms with E-state index in [1.54, 1.807) is 6.33 Å². The first-order valence-electron chi connectivity index (χ1n) is 10.3. The second kappa shape index (κ2) is 8.45. The molecule has 2 aliphatic heterocycles. The van der Waals surface area contributed by atoms with Gasteiger partial charge in [-0.05, 0) is 38.6 Å². The summed E-state index contributed by atoms with van der Waals surface area (Å²) in [5.74, 6) is 1.79. The van der Waals surface area contributed by atoms with Crippen molar-refractivity contribution in [1.82, 2.24) is 14.9 Å². The maximum Gasteiger partial charge on any atom is 0.132 e. The van der Waals surface area contributed by atoms with Gasteiger partial charge in [0, 0.05) is 50.5 Å². The molecule has 5 heteroatoms. The molecule has 5 nitrogen and oxygen atoms in total.